The number of allylic oxidation sites excluding steroid dienone is 1. The highest BCUT2D eigenvalue weighted by atomic mass is 32.1. The van der Waals surface area contributed by atoms with E-state index in [1.807, 2.05) is 12.1 Å². The zero-order valence-electron chi connectivity index (χ0n) is 10.3. The number of ether oxygens (including phenoxy) is 1. The van der Waals surface area contributed by atoms with Crippen LogP contribution in [0.3, 0.4) is 0 Å². The van der Waals surface area contributed by atoms with Crippen molar-refractivity contribution >= 4 is 29.2 Å². The van der Waals surface area contributed by atoms with E-state index in [0.717, 1.165) is 17.7 Å². The van der Waals surface area contributed by atoms with E-state index in [2.05, 4.69) is 10.8 Å². The van der Waals surface area contributed by atoms with Crippen LogP contribution in [0.25, 0.3) is 6.08 Å². The summed E-state index contributed by atoms with van der Waals surface area (Å²) < 4.78 is 4.67. The van der Waals surface area contributed by atoms with Crippen molar-refractivity contribution in [1.82, 2.24) is 0 Å². The molecule has 0 aromatic carbocycles. The Morgan fingerprint density at radius 3 is 2.78 bits per heavy atom. The van der Waals surface area contributed by atoms with Crippen molar-refractivity contribution in [3.8, 4) is 0 Å². The number of carbonyl (C=O) groups is 2. The van der Waals surface area contributed by atoms with Gasteiger partial charge in [0.25, 0.3) is 0 Å². The summed E-state index contributed by atoms with van der Waals surface area (Å²) in [5, 5.41) is 0. The first-order valence-electron chi connectivity index (χ1n) is 6.07. The Morgan fingerprint density at radius 1 is 1.39 bits per heavy atom. The van der Waals surface area contributed by atoms with Crippen LogP contribution in [0, 0.1) is 5.92 Å². The van der Waals surface area contributed by atoms with Crippen molar-refractivity contribution in [2.75, 3.05) is 7.11 Å². The van der Waals surface area contributed by atoms with Gasteiger partial charge in [-0.1, -0.05) is 6.08 Å². The molecule has 96 valence electrons. The van der Waals surface area contributed by atoms with Gasteiger partial charge in [-0.15, -0.1) is 11.3 Å². The van der Waals surface area contributed by atoms with Gasteiger partial charge in [0.15, 0.2) is 0 Å². The Balaban J connectivity index is 1.94. The quantitative estimate of drug-likeness (QED) is 0.787. The lowest BCUT2D eigenvalue weighted by Crippen LogP contribution is -2.11. The average molecular weight is 264 g/mol. The fourth-order valence-electron chi connectivity index (χ4n) is 2.04. The van der Waals surface area contributed by atoms with Gasteiger partial charge >= 0.3 is 5.97 Å². The first kappa shape index (κ1) is 13.0. The minimum Gasteiger partial charge on any atom is -0.465 e. The van der Waals surface area contributed by atoms with Gasteiger partial charge in [-0.05, 0) is 37.0 Å². The van der Waals surface area contributed by atoms with Crippen molar-refractivity contribution in [3.63, 3.8) is 0 Å². The van der Waals surface area contributed by atoms with Crippen LogP contribution in [0.4, 0.5) is 0 Å². The van der Waals surface area contributed by atoms with Crippen LogP contribution < -0.4 is 0 Å². The number of rotatable bonds is 3. The summed E-state index contributed by atoms with van der Waals surface area (Å²) in [5.74, 6) is 0.582. The van der Waals surface area contributed by atoms with E-state index in [1.54, 1.807) is 6.07 Å². The number of hydrogen-bond acceptors (Lipinski definition) is 4. The molecule has 1 saturated carbocycles. The molecule has 2 rings (SSSR count). The molecule has 0 saturated heterocycles. The minimum atomic E-state index is -0.289. The fraction of sp³-hybridized carbons (Fsp3) is 0.429. The molecule has 0 spiro atoms. The molecule has 4 heteroatoms. The highest BCUT2D eigenvalue weighted by Crippen LogP contribution is 2.25. The molecule has 0 bridgehead atoms. The fourth-order valence-corrected chi connectivity index (χ4v) is 2.88. The maximum Gasteiger partial charge on any atom is 0.348 e. The molecule has 1 heterocycles. The Labute approximate surface area is 110 Å². The van der Waals surface area contributed by atoms with E-state index in [4.69, 9.17) is 0 Å². The third-order valence-electron chi connectivity index (χ3n) is 3.13. The minimum absolute atomic E-state index is 0.289. The second-order valence-electron chi connectivity index (χ2n) is 4.43. The Morgan fingerprint density at radius 2 is 2.11 bits per heavy atom. The third kappa shape index (κ3) is 3.29. The molecule has 1 aliphatic rings. The molecule has 18 heavy (non-hydrogen) atoms. The van der Waals surface area contributed by atoms with Crippen molar-refractivity contribution in [2.24, 2.45) is 5.92 Å². The molecule has 0 radical (unpaired) electrons. The maximum atomic E-state index is 11.3. The Kier molecular flexibility index (Phi) is 4.31. The first-order valence-corrected chi connectivity index (χ1v) is 6.88. The van der Waals surface area contributed by atoms with Crippen LogP contribution in [-0.2, 0) is 9.53 Å². The lowest BCUT2D eigenvalue weighted by molar-refractivity contribution is -0.120. The van der Waals surface area contributed by atoms with Crippen molar-refractivity contribution in [3.05, 3.63) is 28.0 Å². The van der Waals surface area contributed by atoms with E-state index in [9.17, 15) is 9.59 Å². The van der Waals surface area contributed by atoms with Gasteiger partial charge < -0.3 is 4.74 Å². The SMILES string of the molecule is COC(=O)c1ccc(C=CC2CCC(=O)CC2)s1. The number of thiophene rings is 1. The molecule has 0 unspecified atom stereocenters. The van der Waals surface area contributed by atoms with Crippen molar-refractivity contribution in [1.29, 1.82) is 0 Å². The third-order valence-corrected chi connectivity index (χ3v) is 4.16. The van der Waals surface area contributed by atoms with Crippen molar-refractivity contribution < 1.29 is 14.3 Å². The van der Waals surface area contributed by atoms with Crippen molar-refractivity contribution in [2.45, 2.75) is 25.7 Å². The van der Waals surface area contributed by atoms with Crippen LogP contribution in [0.1, 0.15) is 40.2 Å². The van der Waals surface area contributed by atoms with Crippen LogP contribution in [0.5, 0.6) is 0 Å². The van der Waals surface area contributed by atoms with Gasteiger partial charge in [0, 0.05) is 17.7 Å². The standard InChI is InChI=1S/C14H16O3S/c1-17-14(16)13-9-8-12(18-13)7-4-10-2-5-11(15)6-3-10/h4,7-10H,2-3,5-6H2,1H3. The smallest absolute Gasteiger partial charge is 0.348 e. The summed E-state index contributed by atoms with van der Waals surface area (Å²) in [5.41, 5.74) is 0. The topological polar surface area (TPSA) is 43.4 Å². The molecule has 0 aliphatic heterocycles. The Bertz CT molecular complexity index is 463. The van der Waals surface area contributed by atoms with Crippen LogP contribution >= 0.6 is 11.3 Å². The number of carbonyl (C=O) groups excluding carboxylic acids is 2. The molecule has 3 nitrogen and oxygen atoms in total. The zero-order chi connectivity index (χ0) is 13.0. The molecule has 1 aromatic heterocycles. The molecule has 1 fully saturated rings. The summed E-state index contributed by atoms with van der Waals surface area (Å²) in [6, 6.07) is 3.70. The Hall–Kier alpha value is -1.42. The van der Waals surface area contributed by atoms with E-state index in [1.165, 1.54) is 18.4 Å². The van der Waals surface area contributed by atoms with Gasteiger partial charge in [0.1, 0.15) is 10.7 Å². The highest BCUT2D eigenvalue weighted by molar-refractivity contribution is 7.14. The van der Waals surface area contributed by atoms with Crippen LogP contribution in [0.2, 0.25) is 0 Å². The average Bonchev–Trinajstić information content (AvgIpc) is 2.86. The number of methoxy groups -OCH3 is 1. The molecule has 1 aliphatic carbocycles. The number of hydrogen-bond donors (Lipinski definition) is 0. The summed E-state index contributed by atoms with van der Waals surface area (Å²) in [4.78, 5) is 24.1. The lowest BCUT2D eigenvalue weighted by atomic mass is 9.88. The van der Waals surface area contributed by atoms with Gasteiger partial charge in [0.2, 0.25) is 0 Å². The molecule has 1 aromatic rings. The normalized spacial score (nSPS) is 17.3. The molecule has 0 N–H and O–H groups in total. The van der Waals surface area contributed by atoms with E-state index in [-0.39, 0.29) is 5.97 Å². The van der Waals surface area contributed by atoms with Crippen LogP contribution in [0.15, 0.2) is 18.2 Å². The second kappa shape index (κ2) is 5.96. The molecule has 0 amide bonds. The summed E-state index contributed by atoms with van der Waals surface area (Å²) in [7, 11) is 1.39. The number of Topliss-reactive ketones (excluding diaryl/α,β-unsaturated/α-hetero) is 1. The monoisotopic (exact) mass is 264 g/mol. The highest BCUT2D eigenvalue weighted by Gasteiger charge is 2.16. The van der Waals surface area contributed by atoms with E-state index < -0.39 is 0 Å². The largest absolute Gasteiger partial charge is 0.465 e. The summed E-state index contributed by atoms with van der Waals surface area (Å²) in [6.45, 7) is 0. The van der Waals surface area contributed by atoms with E-state index >= 15 is 0 Å². The van der Waals surface area contributed by atoms with Gasteiger partial charge in [-0.2, -0.15) is 0 Å². The maximum absolute atomic E-state index is 11.3. The second-order valence-corrected chi connectivity index (χ2v) is 5.54. The van der Waals surface area contributed by atoms with E-state index in [0.29, 0.717) is 29.4 Å². The predicted molar refractivity (Wildman–Crippen MR) is 71.7 cm³/mol. The lowest BCUT2D eigenvalue weighted by Gasteiger charge is -2.16. The first-order chi connectivity index (χ1) is 8.69. The molecular weight excluding hydrogens is 248 g/mol. The summed E-state index contributed by atoms with van der Waals surface area (Å²) in [6.07, 6.45) is 7.49. The molecular formula is C14H16O3S. The van der Waals surface area contributed by atoms with Gasteiger partial charge in [-0.3, -0.25) is 4.79 Å². The number of ketones is 1. The molecule has 0 atom stereocenters. The van der Waals surface area contributed by atoms with Gasteiger partial charge in [-0.25, -0.2) is 4.79 Å². The zero-order valence-corrected chi connectivity index (χ0v) is 11.2. The van der Waals surface area contributed by atoms with Gasteiger partial charge in [0.05, 0.1) is 7.11 Å². The predicted octanol–water partition coefficient (Wildman–Crippen LogP) is 3.31. The van der Waals surface area contributed by atoms with Crippen LogP contribution in [-0.4, -0.2) is 18.9 Å². The number of esters is 1. The summed E-state index contributed by atoms with van der Waals surface area (Å²) >= 11 is 1.43.